The smallest absolute Gasteiger partial charge is 0.310 e. The van der Waals surface area contributed by atoms with Gasteiger partial charge in [-0.25, -0.2) is 0 Å². The summed E-state index contributed by atoms with van der Waals surface area (Å²) in [6.07, 6.45) is 3.28. The highest BCUT2D eigenvalue weighted by molar-refractivity contribution is 6.64. The van der Waals surface area contributed by atoms with E-state index in [1.807, 2.05) is 30.3 Å². The maximum Gasteiger partial charge on any atom is 0.310 e. The van der Waals surface area contributed by atoms with E-state index >= 15 is 0 Å². The molecule has 0 bridgehead atoms. The van der Waals surface area contributed by atoms with Crippen LogP contribution in [-0.4, -0.2) is 11.2 Å². The van der Waals surface area contributed by atoms with E-state index in [1.54, 1.807) is 0 Å². The Kier molecular flexibility index (Phi) is 4.97. The summed E-state index contributed by atoms with van der Waals surface area (Å²) >= 11 is 5.57. The molecule has 1 aliphatic carbocycles. The van der Waals surface area contributed by atoms with Crippen molar-refractivity contribution in [2.45, 2.75) is 32.3 Å². The van der Waals surface area contributed by atoms with Crippen LogP contribution in [0.4, 0.5) is 0 Å². The van der Waals surface area contributed by atoms with Gasteiger partial charge in [-0.05, 0) is 30.0 Å². The molecule has 1 aliphatic rings. The minimum atomic E-state index is -0.415. The lowest BCUT2D eigenvalue weighted by molar-refractivity contribution is -0.154. The molecule has 19 heavy (non-hydrogen) atoms. The van der Waals surface area contributed by atoms with E-state index in [2.05, 4.69) is 0 Å². The van der Waals surface area contributed by atoms with E-state index in [9.17, 15) is 9.59 Å². The van der Waals surface area contributed by atoms with Gasteiger partial charge < -0.3 is 4.74 Å². The van der Waals surface area contributed by atoms with Gasteiger partial charge in [0.1, 0.15) is 6.61 Å². The van der Waals surface area contributed by atoms with Crippen LogP contribution < -0.4 is 0 Å². The third-order valence-corrected chi connectivity index (χ3v) is 3.86. The lowest BCUT2D eigenvalue weighted by atomic mass is 9.80. The molecule has 0 radical (unpaired) electrons. The molecule has 0 amide bonds. The summed E-state index contributed by atoms with van der Waals surface area (Å²) in [6.45, 7) is 0.249. The third kappa shape index (κ3) is 3.80. The van der Waals surface area contributed by atoms with Crippen molar-refractivity contribution in [3.05, 3.63) is 35.9 Å². The normalized spacial score (nSPS) is 22.8. The number of esters is 1. The molecule has 0 spiro atoms. The van der Waals surface area contributed by atoms with Crippen LogP contribution in [0.3, 0.4) is 0 Å². The number of hydrogen-bond donors (Lipinski definition) is 0. The second-order valence-electron chi connectivity index (χ2n) is 4.89. The van der Waals surface area contributed by atoms with Crippen LogP contribution >= 0.6 is 11.6 Å². The second kappa shape index (κ2) is 6.71. The van der Waals surface area contributed by atoms with Crippen molar-refractivity contribution in [2.75, 3.05) is 0 Å². The number of carbonyl (C=O) groups is 2. The summed E-state index contributed by atoms with van der Waals surface area (Å²) < 4.78 is 5.30. The first-order valence-corrected chi connectivity index (χ1v) is 6.96. The lowest BCUT2D eigenvalue weighted by Gasteiger charge is -2.27. The van der Waals surface area contributed by atoms with E-state index in [1.165, 1.54) is 0 Å². The van der Waals surface area contributed by atoms with E-state index in [0.29, 0.717) is 12.8 Å². The number of hydrogen-bond acceptors (Lipinski definition) is 3. The van der Waals surface area contributed by atoms with Crippen LogP contribution in [-0.2, 0) is 20.9 Å². The van der Waals surface area contributed by atoms with Gasteiger partial charge in [0.2, 0.25) is 5.24 Å². The van der Waals surface area contributed by atoms with Crippen LogP contribution in [0.15, 0.2) is 30.3 Å². The van der Waals surface area contributed by atoms with Gasteiger partial charge in [0.15, 0.2) is 0 Å². The van der Waals surface area contributed by atoms with Gasteiger partial charge in [-0.3, -0.25) is 9.59 Å². The van der Waals surface area contributed by atoms with Crippen molar-refractivity contribution in [3.63, 3.8) is 0 Å². The lowest BCUT2D eigenvalue weighted by Crippen LogP contribution is -2.32. The maximum atomic E-state index is 12.1. The number of rotatable bonds is 4. The molecule has 1 saturated carbocycles. The van der Waals surface area contributed by atoms with Crippen molar-refractivity contribution < 1.29 is 14.3 Å². The molecular formula is C15H17ClO3. The summed E-state index contributed by atoms with van der Waals surface area (Å²) in [5.74, 6) is -1.05. The van der Waals surface area contributed by atoms with Gasteiger partial charge >= 0.3 is 5.97 Å². The molecular weight excluding hydrogens is 264 g/mol. The first kappa shape index (κ1) is 14.1. The second-order valence-corrected chi connectivity index (χ2v) is 5.27. The van der Waals surface area contributed by atoms with Crippen molar-refractivity contribution >= 4 is 22.8 Å². The molecule has 0 aromatic heterocycles. The molecule has 3 nitrogen and oxygen atoms in total. The molecule has 1 fully saturated rings. The Hall–Kier alpha value is -1.35. The average molecular weight is 281 g/mol. The number of ether oxygens (including phenoxy) is 1. The quantitative estimate of drug-likeness (QED) is 0.628. The first-order chi connectivity index (χ1) is 9.18. The number of benzene rings is 1. The zero-order chi connectivity index (χ0) is 13.7. The standard InChI is InChI=1S/C15H17ClO3/c16-14(17)12-8-4-5-9-13(12)15(18)19-10-11-6-2-1-3-7-11/h1-3,6-7,12-13H,4-5,8-10H2/t12-,13+/m1/s1. The third-order valence-electron chi connectivity index (χ3n) is 3.58. The summed E-state index contributed by atoms with van der Waals surface area (Å²) in [5, 5.41) is -0.415. The van der Waals surface area contributed by atoms with Crippen LogP contribution in [0.1, 0.15) is 31.2 Å². The summed E-state index contributed by atoms with van der Waals surface area (Å²) in [4.78, 5) is 23.4. The van der Waals surface area contributed by atoms with Crippen molar-refractivity contribution in [1.29, 1.82) is 0 Å². The fourth-order valence-electron chi connectivity index (χ4n) is 2.52. The Morgan fingerprint density at radius 3 is 2.37 bits per heavy atom. The molecule has 1 aromatic rings. The van der Waals surface area contributed by atoms with Crippen LogP contribution in [0.5, 0.6) is 0 Å². The molecule has 0 N–H and O–H groups in total. The van der Waals surface area contributed by atoms with E-state index in [-0.39, 0.29) is 24.4 Å². The fourth-order valence-corrected chi connectivity index (χ4v) is 2.78. The van der Waals surface area contributed by atoms with Gasteiger partial charge in [-0.15, -0.1) is 0 Å². The fraction of sp³-hybridized carbons (Fsp3) is 0.467. The SMILES string of the molecule is O=C(OCc1ccccc1)[C@H]1CCCC[C@H]1C(=O)Cl. The van der Waals surface area contributed by atoms with Crippen LogP contribution in [0.25, 0.3) is 0 Å². The molecule has 1 aromatic carbocycles. The molecule has 4 heteroatoms. The largest absolute Gasteiger partial charge is 0.461 e. The number of carbonyl (C=O) groups excluding carboxylic acids is 2. The maximum absolute atomic E-state index is 12.1. The van der Waals surface area contributed by atoms with Gasteiger partial charge in [0.05, 0.1) is 5.92 Å². The minimum Gasteiger partial charge on any atom is -0.461 e. The van der Waals surface area contributed by atoms with E-state index in [4.69, 9.17) is 16.3 Å². The zero-order valence-corrected chi connectivity index (χ0v) is 11.4. The average Bonchev–Trinajstić information content (AvgIpc) is 2.46. The molecule has 0 aliphatic heterocycles. The van der Waals surface area contributed by atoms with Crippen LogP contribution in [0.2, 0.25) is 0 Å². The van der Waals surface area contributed by atoms with Gasteiger partial charge in [-0.1, -0.05) is 43.2 Å². The van der Waals surface area contributed by atoms with E-state index < -0.39 is 5.24 Å². The summed E-state index contributed by atoms with van der Waals surface area (Å²) in [7, 11) is 0. The number of halogens is 1. The highest BCUT2D eigenvalue weighted by Gasteiger charge is 2.35. The molecule has 2 rings (SSSR count). The Balaban J connectivity index is 1.93. The Labute approximate surface area is 117 Å². The Morgan fingerprint density at radius 2 is 1.74 bits per heavy atom. The highest BCUT2D eigenvalue weighted by atomic mass is 35.5. The molecule has 0 heterocycles. The van der Waals surface area contributed by atoms with Gasteiger partial charge in [-0.2, -0.15) is 0 Å². The topological polar surface area (TPSA) is 43.4 Å². The molecule has 0 unspecified atom stereocenters. The summed E-state index contributed by atoms with van der Waals surface area (Å²) in [5.41, 5.74) is 0.945. The molecule has 0 saturated heterocycles. The van der Waals surface area contributed by atoms with Crippen molar-refractivity contribution in [3.8, 4) is 0 Å². The highest BCUT2D eigenvalue weighted by Crippen LogP contribution is 2.32. The van der Waals surface area contributed by atoms with E-state index in [0.717, 1.165) is 18.4 Å². The molecule has 102 valence electrons. The van der Waals surface area contributed by atoms with Gasteiger partial charge in [0.25, 0.3) is 0 Å². The predicted octanol–water partition coefficient (Wildman–Crippen LogP) is 3.30. The Morgan fingerprint density at radius 1 is 1.11 bits per heavy atom. The first-order valence-electron chi connectivity index (χ1n) is 6.58. The Bertz CT molecular complexity index is 444. The monoisotopic (exact) mass is 280 g/mol. The van der Waals surface area contributed by atoms with Gasteiger partial charge in [0, 0.05) is 5.92 Å². The summed E-state index contributed by atoms with van der Waals surface area (Å²) in [6, 6.07) is 9.51. The zero-order valence-electron chi connectivity index (χ0n) is 10.7. The predicted molar refractivity (Wildman–Crippen MR) is 72.5 cm³/mol. The van der Waals surface area contributed by atoms with Crippen molar-refractivity contribution in [2.24, 2.45) is 11.8 Å². The minimum absolute atomic E-state index is 0.249. The van der Waals surface area contributed by atoms with Crippen molar-refractivity contribution in [1.82, 2.24) is 0 Å². The van der Waals surface area contributed by atoms with Crippen LogP contribution in [0, 0.1) is 11.8 Å². The molecule has 2 atom stereocenters.